The second-order valence-corrected chi connectivity index (χ2v) is 6.23. The van der Waals surface area contributed by atoms with Crippen molar-refractivity contribution in [1.82, 2.24) is 5.32 Å². The van der Waals surface area contributed by atoms with Crippen LogP contribution in [0.3, 0.4) is 0 Å². The van der Waals surface area contributed by atoms with Gasteiger partial charge in [-0.3, -0.25) is 4.90 Å². The molecule has 0 saturated heterocycles. The molecule has 0 atom stereocenters. The molecule has 2 aromatic carbocycles. The Morgan fingerprint density at radius 1 is 0.938 bits per heavy atom. The summed E-state index contributed by atoms with van der Waals surface area (Å²) < 4.78 is 16.0. The van der Waals surface area contributed by atoms with Crippen molar-refractivity contribution in [3.05, 3.63) is 52.6 Å². The number of nitrogens with one attached hydrogen (secondary N) is 1. The fourth-order valence-electron chi connectivity index (χ4n) is 2.79. The van der Waals surface area contributed by atoms with Gasteiger partial charge in [0.1, 0.15) is 17.9 Å². The Kier molecular flexibility index (Phi) is 8.11. The lowest BCUT2D eigenvalue weighted by Crippen LogP contribution is -2.43. The highest BCUT2D eigenvalue weighted by Crippen LogP contribution is 2.34. The van der Waals surface area contributed by atoms with Crippen LogP contribution in [0.15, 0.2) is 30.3 Å². The van der Waals surface area contributed by atoms with Crippen LogP contribution in [0.2, 0.25) is 0 Å². The molecule has 160 valence electrons. The summed E-state index contributed by atoms with van der Waals surface area (Å²) in [4.78, 5) is 13.7. The molecule has 0 aliphatic rings. The van der Waals surface area contributed by atoms with E-state index in [1.165, 1.54) is 56.5 Å². The highest BCUT2D eigenvalue weighted by atomic mass is 16.7. The van der Waals surface area contributed by atoms with E-state index in [9.17, 15) is 15.3 Å². The van der Waals surface area contributed by atoms with Crippen LogP contribution >= 0.6 is 0 Å². The molecule has 0 bridgehead atoms. The van der Waals surface area contributed by atoms with Crippen LogP contribution in [0.25, 0.3) is 0 Å². The Morgan fingerprint density at radius 2 is 1.47 bits per heavy atom. The number of urea groups is 1. The molecule has 0 spiro atoms. The molecule has 0 aromatic heterocycles. The zero-order chi connectivity index (χ0) is 23.7. The molecule has 10 heteroatoms. The number of carbonyl (C=O) groups is 1. The Hall–Kier alpha value is -4.61. The minimum absolute atomic E-state index is 0.0155. The van der Waals surface area contributed by atoms with E-state index in [1.807, 2.05) is 24.3 Å². The van der Waals surface area contributed by atoms with E-state index in [4.69, 9.17) is 24.7 Å². The smallest absolute Gasteiger partial charge is 0.321 e. The fraction of sp³-hybridized carbons (Fsp3) is 0.227. The van der Waals surface area contributed by atoms with Crippen molar-refractivity contribution in [2.75, 3.05) is 32.7 Å². The van der Waals surface area contributed by atoms with Crippen molar-refractivity contribution >= 4 is 11.7 Å². The lowest BCUT2D eigenvalue weighted by Gasteiger charge is -2.26. The molecule has 0 saturated carbocycles. The van der Waals surface area contributed by atoms with Gasteiger partial charge in [0.2, 0.25) is 0 Å². The fourth-order valence-corrected chi connectivity index (χ4v) is 2.79. The maximum atomic E-state index is 12.4. The van der Waals surface area contributed by atoms with Crippen LogP contribution in [-0.4, -0.2) is 40.1 Å². The van der Waals surface area contributed by atoms with E-state index >= 15 is 0 Å². The first-order valence-electron chi connectivity index (χ1n) is 9.10. The summed E-state index contributed by atoms with van der Waals surface area (Å²) in [6.45, 7) is -0.0155. The van der Waals surface area contributed by atoms with E-state index in [0.717, 1.165) is 0 Å². The molecule has 0 fully saturated rings. The van der Waals surface area contributed by atoms with Crippen molar-refractivity contribution in [3.8, 4) is 35.8 Å². The maximum Gasteiger partial charge on any atom is 0.321 e. The van der Waals surface area contributed by atoms with Crippen LogP contribution in [0.4, 0.5) is 10.5 Å². The number of rotatable bonds is 7. The van der Waals surface area contributed by atoms with Gasteiger partial charge in [0.05, 0.1) is 40.9 Å². The van der Waals surface area contributed by atoms with Gasteiger partial charge in [-0.15, -0.1) is 0 Å². The monoisotopic (exact) mass is 430 g/mol. The van der Waals surface area contributed by atoms with Crippen molar-refractivity contribution in [1.29, 1.82) is 21.0 Å². The van der Waals surface area contributed by atoms with Crippen LogP contribution in [0.1, 0.15) is 22.3 Å². The molecule has 32 heavy (non-hydrogen) atoms. The quantitative estimate of drug-likeness (QED) is 0.657. The Bertz CT molecular complexity index is 1110. The summed E-state index contributed by atoms with van der Waals surface area (Å²) in [5.74, 6) is 0.0490. The van der Waals surface area contributed by atoms with Crippen LogP contribution in [-0.2, 0) is 9.47 Å². The average molecular weight is 430 g/mol. The van der Waals surface area contributed by atoms with Crippen molar-refractivity contribution < 1.29 is 19.0 Å². The van der Waals surface area contributed by atoms with Gasteiger partial charge in [0.25, 0.3) is 0 Å². The summed E-state index contributed by atoms with van der Waals surface area (Å²) >= 11 is 0. The number of nitriles is 4. The zero-order valence-electron chi connectivity index (χ0n) is 17.5. The van der Waals surface area contributed by atoms with E-state index in [-0.39, 0.29) is 46.0 Å². The molecule has 10 nitrogen and oxygen atoms in total. The van der Waals surface area contributed by atoms with Crippen molar-refractivity contribution in [3.63, 3.8) is 0 Å². The molecule has 0 aliphatic carbocycles. The third kappa shape index (κ3) is 5.30. The first-order valence-corrected chi connectivity index (χ1v) is 9.10. The number of benzene rings is 2. The second-order valence-electron chi connectivity index (χ2n) is 6.23. The van der Waals surface area contributed by atoms with Crippen LogP contribution < -0.4 is 15.0 Å². The van der Waals surface area contributed by atoms with Gasteiger partial charge in [-0.05, 0) is 30.3 Å². The average Bonchev–Trinajstić information content (AvgIpc) is 2.84. The largest absolute Gasteiger partial charge is 0.454 e. The van der Waals surface area contributed by atoms with Gasteiger partial charge in [-0.1, -0.05) is 0 Å². The Labute approximate surface area is 185 Å². The number of amides is 2. The van der Waals surface area contributed by atoms with E-state index in [0.29, 0.717) is 0 Å². The first-order chi connectivity index (χ1) is 15.4. The molecular weight excluding hydrogens is 412 g/mol. The Balaban J connectivity index is 2.59. The minimum atomic E-state index is -0.752. The predicted octanol–water partition coefficient (Wildman–Crippen LogP) is 2.73. The summed E-state index contributed by atoms with van der Waals surface area (Å²) in [5, 5.41) is 40.2. The number of hydrogen-bond acceptors (Lipinski definition) is 8. The SMILES string of the molecule is CNC(=O)N(CC(OC)OC)c1cc(C#N)c(Oc2cc(C#N)cc(C#N)c2)c(C#N)c1. The minimum Gasteiger partial charge on any atom is -0.454 e. The van der Waals surface area contributed by atoms with Gasteiger partial charge in [-0.25, -0.2) is 4.79 Å². The number of ether oxygens (including phenoxy) is 3. The van der Waals surface area contributed by atoms with Gasteiger partial charge >= 0.3 is 6.03 Å². The molecule has 1 N–H and O–H groups in total. The van der Waals surface area contributed by atoms with Crippen molar-refractivity contribution in [2.45, 2.75) is 6.29 Å². The number of hydrogen-bond donors (Lipinski definition) is 1. The molecule has 2 rings (SSSR count). The van der Waals surface area contributed by atoms with E-state index < -0.39 is 12.3 Å². The summed E-state index contributed by atoms with van der Waals surface area (Å²) in [6, 6.07) is 14.2. The second kappa shape index (κ2) is 11.0. The summed E-state index contributed by atoms with van der Waals surface area (Å²) in [6.07, 6.45) is -0.752. The molecule has 0 aliphatic heterocycles. The third-order valence-corrected chi connectivity index (χ3v) is 4.33. The summed E-state index contributed by atoms with van der Waals surface area (Å²) in [7, 11) is 4.27. The lowest BCUT2D eigenvalue weighted by atomic mass is 10.1. The van der Waals surface area contributed by atoms with Gasteiger partial charge < -0.3 is 19.5 Å². The molecule has 0 unspecified atom stereocenters. The lowest BCUT2D eigenvalue weighted by molar-refractivity contribution is -0.0939. The number of nitrogens with zero attached hydrogens (tertiary/aromatic N) is 5. The van der Waals surface area contributed by atoms with Gasteiger partial charge in [0, 0.05) is 27.0 Å². The standard InChI is InChI=1S/C22H18N6O4/c1-27-22(29)28(13-20(30-2)31-3)18-7-16(11-25)21(17(8-18)12-26)32-19-5-14(9-23)4-15(6-19)10-24/h4-8,20H,13H2,1-3H3,(H,27,29). The third-order valence-electron chi connectivity index (χ3n) is 4.33. The zero-order valence-corrected chi connectivity index (χ0v) is 17.5. The Morgan fingerprint density at radius 3 is 1.88 bits per heavy atom. The van der Waals surface area contributed by atoms with E-state index in [1.54, 1.807) is 0 Å². The summed E-state index contributed by atoms with van der Waals surface area (Å²) in [5.41, 5.74) is 0.556. The number of anilines is 1. The highest BCUT2D eigenvalue weighted by Gasteiger charge is 2.23. The van der Waals surface area contributed by atoms with Gasteiger partial charge in [-0.2, -0.15) is 21.0 Å². The predicted molar refractivity (Wildman–Crippen MR) is 111 cm³/mol. The highest BCUT2D eigenvalue weighted by molar-refractivity contribution is 5.92. The normalized spacial score (nSPS) is 9.75. The van der Waals surface area contributed by atoms with Crippen LogP contribution in [0, 0.1) is 45.3 Å². The molecule has 0 radical (unpaired) electrons. The molecule has 0 heterocycles. The maximum absolute atomic E-state index is 12.4. The molecular formula is C22H18N6O4. The number of carbonyl (C=O) groups excluding carboxylic acids is 1. The van der Waals surface area contributed by atoms with Crippen LogP contribution in [0.5, 0.6) is 11.5 Å². The molecule has 2 aromatic rings. The molecule has 2 amide bonds. The first kappa shape index (κ1) is 23.7. The van der Waals surface area contributed by atoms with Crippen molar-refractivity contribution in [2.24, 2.45) is 0 Å². The van der Waals surface area contributed by atoms with E-state index in [2.05, 4.69) is 5.32 Å². The van der Waals surface area contributed by atoms with Gasteiger partial charge in [0.15, 0.2) is 12.0 Å². The number of methoxy groups -OCH3 is 2. The topological polar surface area (TPSA) is 155 Å².